The Bertz CT molecular complexity index is 1030. The molecule has 0 aliphatic heterocycles. The number of fused-ring (bicyclic) bond motifs is 1. The Morgan fingerprint density at radius 1 is 1.00 bits per heavy atom. The lowest BCUT2D eigenvalue weighted by atomic mass is 10.1. The molecule has 2 aromatic rings. The highest BCUT2D eigenvalue weighted by Crippen LogP contribution is 2.30. The largest absolute Gasteiger partial charge is 0.397 e. The van der Waals surface area contributed by atoms with Crippen LogP contribution in [0.1, 0.15) is 5.56 Å². The normalized spacial score (nSPS) is 13.9. The van der Waals surface area contributed by atoms with Crippen LogP contribution in [0.2, 0.25) is 0 Å². The Morgan fingerprint density at radius 2 is 1.68 bits per heavy atom. The summed E-state index contributed by atoms with van der Waals surface area (Å²) in [6, 6.07) is 7.32. The van der Waals surface area contributed by atoms with E-state index in [0.717, 1.165) is 0 Å². The zero-order valence-corrected chi connectivity index (χ0v) is 15.2. The van der Waals surface area contributed by atoms with Crippen LogP contribution in [0, 0.1) is 6.92 Å². The summed E-state index contributed by atoms with van der Waals surface area (Å²) in [6.07, 6.45) is 0. The van der Waals surface area contributed by atoms with Gasteiger partial charge in [-0.3, -0.25) is 13.3 Å². The number of rotatable bonds is 7. The summed E-state index contributed by atoms with van der Waals surface area (Å²) in [5, 5.41) is 0.459. The number of hydrogen-bond donors (Lipinski definition) is 2. The van der Waals surface area contributed by atoms with Gasteiger partial charge >= 0.3 is 10.4 Å². The monoisotopic (exact) mass is 410 g/mol. The molecular formula is C13H14O9S3. The van der Waals surface area contributed by atoms with Gasteiger partial charge in [-0.05, 0) is 18.6 Å². The van der Waals surface area contributed by atoms with Crippen LogP contribution < -0.4 is 0 Å². The van der Waals surface area contributed by atoms with E-state index in [1.54, 1.807) is 0 Å². The van der Waals surface area contributed by atoms with Crippen molar-refractivity contribution < 1.29 is 38.5 Å². The minimum absolute atomic E-state index is 0.134. The van der Waals surface area contributed by atoms with Crippen LogP contribution in [0.5, 0.6) is 0 Å². The molecule has 0 aromatic heterocycles. The zero-order valence-electron chi connectivity index (χ0n) is 12.8. The van der Waals surface area contributed by atoms with Crippen molar-refractivity contribution in [2.45, 2.75) is 16.7 Å². The molecule has 2 aromatic carbocycles. The van der Waals surface area contributed by atoms with Crippen LogP contribution in [0.15, 0.2) is 40.1 Å². The highest BCUT2D eigenvalue weighted by Gasteiger charge is 2.20. The van der Waals surface area contributed by atoms with Gasteiger partial charge in [0.2, 0.25) is 0 Å². The lowest BCUT2D eigenvalue weighted by Gasteiger charge is -2.11. The lowest BCUT2D eigenvalue weighted by Crippen LogP contribution is -2.11. The van der Waals surface area contributed by atoms with Gasteiger partial charge in [0.15, 0.2) is 11.1 Å². The van der Waals surface area contributed by atoms with E-state index in [0.29, 0.717) is 5.56 Å². The van der Waals surface area contributed by atoms with Crippen molar-refractivity contribution in [3.05, 3.63) is 35.9 Å². The molecule has 0 bridgehead atoms. The van der Waals surface area contributed by atoms with Crippen molar-refractivity contribution in [1.29, 1.82) is 0 Å². The molecule has 0 spiro atoms. The quantitative estimate of drug-likeness (QED) is 0.509. The number of hydrogen-bond acceptors (Lipinski definition) is 7. The average molecular weight is 410 g/mol. The van der Waals surface area contributed by atoms with Crippen LogP contribution in [0.25, 0.3) is 10.8 Å². The second-order valence-electron chi connectivity index (χ2n) is 4.84. The summed E-state index contributed by atoms with van der Waals surface area (Å²) in [4.78, 5) is -0.159. The Kier molecular flexibility index (Phi) is 5.93. The predicted molar refractivity (Wildman–Crippen MR) is 88.4 cm³/mol. The fourth-order valence-electron chi connectivity index (χ4n) is 2.21. The van der Waals surface area contributed by atoms with Gasteiger partial charge in [-0.25, -0.2) is 8.39 Å². The molecular weight excluding hydrogens is 396 g/mol. The summed E-state index contributed by atoms with van der Waals surface area (Å²) < 4.78 is 83.1. The fourth-order valence-corrected chi connectivity index (χ4v) is 4.31. The summed E-state index contributed by atoms with van der Waals surface area (Å²) in [7, 11) is -9.12. The number of benzene rings is 2. The molecule has 2 N–H and O–H groups in total. The first-order valence-electron chi connectivity index (χ1n) is 6.67. The van der Waals surface area contributed by atoms with Gasteiger partial charge in [0.1, 0.15) is 4.90 Å². The molecule has 0 aliphatic rings. The summed E-state index contributed by atoms with van der Waals surface area (Å²) in [6.45, 7) is 0.555. The predicted octanol–water partition coefficient (Wildman–Crippen LogP) is 1.25. The summed E-state index contributed by atoms with van der Waals surface area (Å²) >= 11 is -2.06. The smallest absolute Gasteiger partial charge is 0.284 e. The van der Waals surface area contributed by atoms with Crippen molar-refractivity contribution in [3.8, 4) is 0 Å². The topological polar surface area (TPSA) is 144 Å². The molecule has 0 saturated heterocycles. The van der Waals surface area contributed by atoms with E-state index in [-0.39, 0.29) is 20.6 Å². The molecule has 0 aliphatic carbocycles. The molecule has 0 amide bonds. The maximum absolute atomic E-state index is 12.2. The number of aryl methyl sites for hydroxylation is 1. The third-order valence-corrected chi connectivity index (χ3v) is 5.73. The van der Waals surface area contributed by atoms with E-state index < -0.39 is 44.8 Å². The van der Waals surface area contributed by atoms with Gasteiger partial charge in [-0.1, -0.05) is 24.3 Å². The van der Waals surface area contributed by atoms with Crippen LogP contribution >= 0.6 is 0 Å². The first kappa shape index (κ1) is 19.9. The van der Waals surface area contributed by atoms with Crippen LogP contribution in [0.4, 0.5) is 0 Å². The summed E-state index contributed by atoms with van der Waals surface area (Å²) in [5.41, 5.74) is 0.320. The molecule has 0 saturated carbocycles. The van der Waals surface area contributed by atoms with E-state index in [1.807, 2.05) is 0 Å². The van der Waals surface area contributed by atoms with Crippen molar-refractivity contribution in [2.75, 3.05) is 13.2 Å². The summed E-state index contributed by atoms with van der Waals surface area (Å²) in [5.74, 6) is 0. The molecule has 0 fully saturated rings. The van der Waals surface area contributed by atoms with Gasteiger partial charge in [0.05, 0.1) is 18.1 Å². The zero-order chi connectivity index (χ0) is 18.8. The van der Waals surface area contributed by atoms with Gasteiger partial charge in [0.25, 0.3) is 10.1 Å². The first-order valence-corrected chi connectivity index (χ1v) is 10.6. The molecule has 1 unspecified atom stereocenters. The molecule has 138 valence electrons. The van der Waals surface area contributed by atoms with Crippen LogP contribution in [0.3, 0.4) is 0 Å². The molecule has 12 heteroatoms. The Morgan fingerprint density at radius 3 is 2.28 bits per heavy atom. The fraction of sp³-hybridized carbons (Fsp3) is 0.231. The second kappa shape index (κ2) is 7.45. The van der Waals surface area contributed by atoms with Gasteiger partial charge < -0.3 is 0 Å². The Labute approximate surface area is 146 Å². The maximum Gasteiger partial charge on any atom is 0.397 e. The van der Waals surface area contributed by atoms with E-state index in [2.05, 4.69) is 4.18 Å². The van der Waals surface area contributed by atoms with Crippen molar-refractivity contribution in [3.63, 3.8) is 0 Å². The standard InChI is InChI=1S/C13H14O9S3/c1-9-5-6-10-11(13(9)24(15,16)17)3-2-4-12(10)23(14)21-7-8-22-25(18,19)20/h2-6H,7-8H2,1H3,(H,15,16,17)(H,18,19,20). The van der Waals surface area contributed by atoms with Crippen molar-refractivity contribution >= 4 is 42.4 Å². The van der Waals surface area contributed by atoms with Crippen molar-refractivity contribution in [2.24, 2.45) is 0 Å². The van der Waals surface area contributed by atoms with E-state index in [4.69, 9.17) is 8.74 Å². The Hall–Kier alpha value is -1.41. The van der Waals surface area contributed by atoms with Crippen molar-refractivity contribution in [1.82, 2.24) is 0 Å². The minimum atomic E-state index is -4.62. The third-order valence-electron chi connectivity index (χ3n) is 3.11. The van der Waals surface area contributed by atoms with Gasteiger partial charge in [-0.15, -0.1) is 0 Å². The van der Waals surface area contributed by atoms with E-state index >= 15 is 0 Å². The molecule has 0 heterocycles. The van der Waals surface area contributed by atoms with Crippen LogP contribution in [-0.2, 0) is 40.0 Å². The molecule has 1 atom stereocenters. The van der Waals surface area contributed by atoms with E-state index in [1.165, 1.54) is 37.3 Å². The SMILES string of the molecule is Cc1ccc2c(S(=O)OCCOS(=O)(=O)O)cccc2c1S(=O)(=O)O. The molecule has 0 radical (unpaired) electrons. The molecule has 9 nitrogen and oxygen atoms in total. The van der Waals surface area contributed by atoms with Gasteiger partial charge in [-0.2, -0.15) is 16.8 Å². The first-order chi connectivity index (χ1) is 11.5. The van der Waals surface area contributed by atoms with Crippen LogP contribution in [-0.4, -0.2) is 43.4 Å². The molecule has 2 rings (SSSR count). The second-order valence-corrected chi connectivity index (χ2v) is 8.44. The third kappa shape index (κ3) is 5.04. The van der Waals surface area contributed by atoms with Gasteiger partial charge in [0, 0.05) is 10.8 Å². The highest BCUT2D eigenvalue weighted by atomic mass is 32.3. The lowest BCUT2D eigenvalue weighted by molar-refractivity contribution is 0.212. The molecule has 25 heavy (non-hydrogen) atoms. The minimum Gasteiger partial charge on any atom is -0.284 e. The maximum atomic E-state index is 12.2. The Balaban J connectivity index is 2.35. The highest BCUT2D eigenvalue weighted by molar-refractivity contribution is 7.86. The van der Waals surface area contributed by atoms with E-state index in [9.17, 15) is 25.6 Å². The average Bonchev–Trinajstić information content (AvgIpc) is 2.48.